The highest BCUT2D eigenvalue weighted by Crippen LogP contribution is 2.20. The van der Waals surface area contributed by atoms with E-state index in [0.29, 0.717) is 0 Å². The van der Waals surface area contributed by atoms with Gasteiger partial charge < -0.3 is 19.7 Å². The van der Waals surface area contributed by atoms with Gasteiger partial charge in [-0.1, -0.05) is 0 Å². The standard InChI is InChI=1S/C17H29N5O2.HI/c1-14-11-20-22(12-14)7-4-6-19-17(18-2)21-8-10-24-16(13-21)15-5-3-9-23-15;/h11-12,15-16H,3-10,13H2,1-2H3,(H,18,19);1H. The maximum atomic E-state index is 5.91. The van der Waals surface area contributed by atoms with Crippen LogP contribution in [0.2, 0.25) is 0 Å². The number of halogens is 1. The van der Waals surface area contributed by atoms with Crippen LogP contribution in [0.25, 0.3) is 0 Å². The molecule has 0 bridgehead atoms. The fourth-order valence-electron chi connectivity index (χ4n) is 3.35. The Morgan fingerprint density at radius 1 is 1.36 bits per heavy atom. The molecule has 0 aliphatic carbocycles. The van der Waals surface area contributed by atoms with Crippen LogP contribution in [0.1, 0.15) is 24.8 Å². The van der Waals surface area contributed by atoms with Gasteiger partial charge in [0.1, 0.15) is 6.10 Å². The predicted molar refractivity (Wildman–Crippen MR) is 109 cm³/mol. The van der Waals surface area contributed by atoms with Crippen LogP contribution in [-0.2, 0) is 16.0 Å². The molecule has 2 fully saturated rings. The van der Waals surface area contributed by atoms with E-state index in [0.717, 1.165) is 64.6 Å². The van der Waals surface area contributed by atoms with Crippen LogP contribution in [0.15, 0.2) is 17.4 Å². The van der Waals surface area contributed by atoms with Gasteiger partial charge in [0, 0.05) is 46.0 Å². The second-order valence-electron chi connectivity index (χ2n) is 6.52. The van der Waals surface area contributed by atoms with E-state index in [1.807, 2.05) is 17.9 Å². The first kappa shape index (κ1) is 20.4. The van der Waals surface area contributed by atoms with Gasteiger partial charge in [0.15, 0.2) is 5.96 Å². The van der Waals surface area contributed by atoms with Gasteiger partial charge in [-0.2, -0.15) is 5.10 Å². The first-order chi connectivity index (χ1) is 11.8. The Balaban J connectivity index is 0.00000225. The molecular formula is C17H30IN5O2. The van der Waals surface area contributed by atoms with Crippen molar-refractivity contribution in [3.05, 3.63) is 18.0 Å². The summed E-state index contributed by atoms with van der Waals surface area (Å²) in [6, 6.07) is 0. The minimum absolute atomic E-state index is 0. The van der Waals surface area contributed by atoms with Gasteiger partial charge in [0.05, 0.1) is 18.9 Å². The van der Waals surface area contributed by atoms with Gasteiger partial charge >= 0.3 is 0 Å². The summed E-state index contributed by atoms with van der Waals surface area (Å²) in [5.74, 6) is 0.956. The quantitative estimate of drug-likeness (QED) is 0.312. The fraction of sp³-hybridized carbons (Fsp3) is 0.765. The molecule has 0 radical (unpaired) electrons. The van der Waals surface area contributed by atoms with Crippen molar-refractivity contribution < 1.29 is 9.47 Å². The van der Waals surface area contributed by atoms with E-state index in [9.17, 15) is 0 Å². The minimum Gasteiger partial charge on any atom is -0.375 e. The Bertz CT molecular complexity index is 545. The van der Waals surface area contributed by atoms with Crippen LogP contribution >= 0.6 is 24.0 Å². The van der Waals surface area contributed by atoms with Gasteiger partial charge in [0.2, 0.25) is 0 Å². The van der Waals surface area contributed by atoms with Crippen LogP contribution in [0.4, 0.5) is 0 Å². The molecule has 2 aliphatic heterocycles. The highest BCUT2D eigenvalue weighted by Gasteiger charge is 2.32. The van der Waals surface area contributed by atoms with Crippen molar-refractivity contribution in [2.24, 2.45) is 4.99 Å². The fourth-order valence-corrected chi connectivity index (χ4v) is 3.35. The second-order valence-corrected chi connectivity index (χ2v) is 6.52. The monoisotopic (exact) mass is 463 g/mol. The zero-order valence-electron chi connectivity index (χ0n) is 15.2. The third kappa shape index (κ3) is 5.82. The van der Waals surface area contributed by atoms with Gasteiger partial charge in [-0.15, -0.1) is 24.0 Å². The molecule has 1 N–H and O–H groups in total. The van der Waals surface area contributed by atoms with E-state index >= 15 is 0 Å². The van der Waals surface area contributed by atoms with Crippen LogP contribution in [0, 0.1) is 6.92 Å². The third-order valence-corrected chi connectivity index (χ3v) is 4.59. The highest BCUT2D eigenvalue weighted by atomic mass is 127. The first-order valence-electron chi connectivity index (χ1n) is 8.94. The lowest BCUT2D eigenvalue weighted by Crippen LogP contribution is -2.53. The second kappa shape index (κ2) is 10.3. The maximum absolute atomic E-state index is 5.91. The number of morpholine rings is 1. The Hall–Kier alpha value is -0.870. The lowest BCUT2D eigenvalue weighted by atomic mass is 10.1. The van der Waals surface area contributed by atoms with E-state index < -0.39 is 0 Å². The number of aliphatic imine (C=N–C) groups is 1. The molecule has 0 amide bonds. The smallest absolute Gasteiger partial charge is 0.193 e. The molecule has 0 saturated carbocycles. The molecule has 2 atom stereocenters. The molecule has 2 saturated heterocycles. The van der Waals surface area contributed by atoms with E-state index in [-0.39, 0.29) is 36.2 Å². The average Bonchev–Trinajstić information content (AvgIpc) is 3.27. The number of nitrogens with zero attached hydrogens (tertiary/aromatic N) is 4. The number of nitrogens with one attached hydrogen (secondary N) is 1. The van der Waals surface area contributed by atoms with Crippen LogP contribution in [0.3, 0.4) is 0 Å². The highest BCUT2D eigenvalue weighted by molar-refractivity contribution is 14.0. The normalized spacial score (nSPS) is 24.2. The topological polar surface area (TPSA) is 63.9 Å². The van der Waals surface area contributed by atoms with Crippen LogP contribution in [-0.4, -0.2) is 72.7 Å². The summed E-state index contributed by atoms with van der Waals surface area (Å²) in [6.45, 7) is 7.19. The summed E-state index contributed by atoms with van der Waals surface area (Å²) >= 11 is 0. The Kier molecular flexibility index (Phi) is 8.44. The van der Waals surface area contributed by atoms with Crippen molar-refractivity contribution in [3.63, 3.8) is 0 Å². The van der Waals surface area contributed by atoms with Crippen molar-refractivity contribution in [2.45, 2.75) is 44.9 Å². The maximum Gasteiger partial charge on any atom is 0.193 e. The SMILES string of the molecule is CN=C(NCCCn1cc(C)cn1)N1CCOC(C2CCCO2)C1.I. The molecule has 25 heavy (non-hydrogen) atoms. The molecule has 2 unspecified atom stereocenters. The van der Waals surface area contributed by atoms with Crippen molar-refractivity contribution in [1.29, 1.82) is 0 Å². The zero-order chi connectivity index (χ0) is 16.8. The zero-order valence-corrected chi connectivity index (χ0v) is 17.5. The number of aryl methyl sites for hydroxylation is 2. The molecule has 8 heteroatoms. The van der Waals surface area contributed by atoms with Crippen molar-refractivity contribution >= 4 is 29.9 Å². The summed E-state index contributed by atoms with van der Waals surface area (Å²) in [6.07, 6.45) is 7.63. The molecular weight excluding hydrogens is 433 g/mol. The number of rotatable bonds is 5. The summed E-state index contributed by atoms with van der Waals surface area (Å²) < 4.78 is 13.7. The van der Waals surface area contributed by atoms with Gasteiger partial charge in [-0.3, -0.25) is 9.67 Å². The van der Waals surface area contributed by atoms with E-state index in [2.05, 4.69) is 33.4 Å². The molecule has 0 aromatic carbocycles. The number of aromatic nitrogens is 2. The van der Waals surface area contributed by atoms with Crippen molar-refractivity contribution in [1.82, 2.24) is 20.0 Å². The number of hydrogen-bond acceptors (Lipinski definition) is 4. The Morgan fingerprint density at radius 3 is 2.88 bits per heavy atom. The number of ether oxygens (including phenoxy) is 2. The average molecular weight is 463 g/mol. The van der Waals surface area contributed by atoms with E-state index in [1.54, 1.807) is 0 Å². The number of guanidine groups is 1. The molecule has 1 aromatic rings. The Morgan fingerprint density at radius 2 is 2.20 bits per heavy atom. The van der Waals surface area contributed by atoms with Gasteiger partial charge in [-0.05, 0) is 31.7 Å². The predicted octanol–water partition coefficient (Wildman–Crippen LogP) is 1.65. The molecule has 1 aromatic heterocycles. The van der Waals surface area contributed by atoms with Crippen molar-refractivity contribution in [2.75, 3.05) is 39.9 Å². The van der Waals surface area contributed by atoms with Crippen LogP contribution in [0.5, 0.6) is 0 Å². The minimum atomic E-state index is 0. The van der Waals surface area contributed by atoms with Gasteiger partial charge in [0.25, 0.3) is 0 Å². The van der Waals surface area contributed by atoms with Crippen LogP contribution < -0.4 is 5.32 Å². The molecule has 142 valence electrons. The summed E-state index contributed by atoms with van der Waals surface area (Å²) in [5, 5.41) is 7.78. The first-order valence-corrected chi connectivity index (χ1v) is 8.94. The lowest BCUT2D eigenvalue weighted by Gasteiger charge is -2.37. The van der Waals surface area contributed by atoms with E-state index in [1.165, 1.54) is 5.56 Å². The summed E-state index contributed by atoms with van der Waals surface area (Å²) in [4.78, 5) is 6.72. The number of hydrogen-bond donors (Lipinski definition) is 1. The molecule has 2 aliphatic rings. The molecule has 0 spiro atoms. The lowest BCUT2D eigenvalue weighted by molar-refractivity contribution is -0.0816. The third-order valence-electron chi connectivity index (χ3n) is 4.59. The Labute approximate surface area is 167 Å². The van der Waals surface area contributed by atoms with Crippen molar-refractivity contribution in [3.8, 4) is 0 Å². The molecule has 3 heterocycles. The summed E-state index contributed by atoms with van der Waals surface area (Å²) in [5.41, 5.74) is 1.20. The van der Waals surface area contributed by atoms with Gasteiger partial charge in [-0.25, -0.2) is 0 Å². The van der Waals surface area contributed by atoms with E-state index in [4.69, 9.17) is 9.47 Å². The summed E-state index contributed by atoms with van der Waals surface area (Å²) in [7, 11) is 1.84. The molecule has 7 nitrogen and oxygen atoms in total. The largest absolute Gasteiger partial charge is 0.375 e. The molecule has 3 rings (SSSR count).